The van der Waals surface area contributed by atoms with Crippen LogP contribution >= 0.6 is 31.9 Å². The van der Waals surface area contributed by atoms with Crippen LogP contribution in [0.3, 0.4) is 0 Å². The van der Waals surface area contributed by atoms with Gasteiger partial charge in [0.1, 0.15) is 11.5 Å². The largest absolute Gasteiger partial charge is 0.496 e. The lowest BCUT2D eigenvalue weighted by atomic mass is 9.88. The number of ether oxygens (including phenoxy) is 2. The second kappa shape index (κ2) is 10.2. The summed E-state index contributed by atoms with van der Waals surface area (Å²) >= 11 is 6.80. The van der Waals surface area contributed by atoms with Crippen LogP contribution in [0.5, 0.6) is 11.5 Å². The van der Waals surface area contributed by atoms with E-state index < -0.39 is 23.5 Å². The van der Waals surface area contributed by atoms with Crippen molar-refractivity contribution in [3.63, 3.8) is 0 Å². The molecule has 10 heteroatoms. The van der Waals surface area contributed by atoms with Crippen LogP contribution in [-0.4, -0.2) is 14.2 Å². The Bertz CT molecular complexity index is 1130. The molecule has 0 atom stereocenters. The SMILES string of the molecule is COc1cccc(CBr)c1-c1c(OC)ccc(-c2cc(C(F)(F)F)cc(C(F)(F)F)c2)c1CBr. The lowest BCUT2D eigenvalue weighted by Gasteiger charge is -2.22. The smallest absolute Gasteiger partial charge is 0.416 e. The minimum absolute atomic E-state index is 0.116. The fourth-order valence-electron chi connectivity index (χ4n) is 3.73. The van der Waals surface area contributed by atoms with E-state index in [0.29, 0.717) is 33.5 Å². The molecule has 0 bridgehead atoms. The van der Waals surface area contributed by atoms with Crippen molar-refractivity contribution in [2.24, 2.45) is 0 Å². The molecule has 182 valence electrons. The molecule has 0 radical (unpaired) electrons. The number of hydrogen-bond donors (Lipinski definition) is 0. The normalized spacial score (nSPS) is 12.1. The average molecular weight is 612 g/mol. The fraction of sp³-hybridized carbons (Fsp3) is 0.250. The molecule has 0 unspecified atom stereocenters. The van der Waals surface area contributed by atoms with Crippen molar-refractivity contribution >= 4 is 31.9 Å². The van der Waals surface area contributed by atoms with Gasteiger partial charge in [-0.2, -0.15) is 26.3 Å². The molecule has 0 heterocycles. The standard InChI is InChI=1S/C24H18Br2F6O2/c1-33-19-5-3-4-13(11-25)21(19)22-18(12-26)17(6-7-20(22)34-2)14-8-15(23(27,28)29)10-16(9-14)24(30,31)32/h3-10H,11-12H2,1-2H3. The van der Waals surface area contributed by atoms with Crippen LogP contribution in [0.1, 0.15) is 22.3 Å². The van der Waals surface area contributed by atoms with Crippen LogP contribution in [0, 0.1) is 0 Å². The van der Waals surface area contributed by atoms with Crippen molar-refractivity contribution in [1.82, 2.24) is 0 Å². The first-order chi connectivity index (χ1) is 16.0. The minimum Gasteiger partial charge on any atom is -0.496 e. The van der Waals surface area contributed by atoms with E-state index >= 15 is 0 Å². The van der Waals surface area contributed by atoms with Gasteiger partial charge in [0.25, 0.3) is 0 Å². The van der Waals surface area contributed by atoms with Gasteiger partial charge in [-0.25, -0.2) is 0 Å². The average Bonchev–Trinajstić information content (AvgIpc) is 2.80. The summed E-state index contributed by atoms with van der Waals surface area (Å²) in [6, 6.07) is 9.88. The van der Waals surface area contributed by atoms with E-state index in [0.717, 1.165) is 17.7 Å². The summed E-state index contributed by atoms with van der Waals surface area (Å²) in [5.74, 6) is 0.877. The van der Waals surface area contributed by atoms with Crippen molar-refractivity contribution in [3.8, 4) is 33.8 Å². The molecule has 0 aromatic heterocycles. The molecular weight excluding hydrogens is 594 g/mol. The van der Waals surface area contributed by atoms with E-state index in [1.165, 1.54) is 26.4 Å². The maximum atomic E-state index is 13.5. The molecule has 0 spiro atoms. The van der Waals surface area contributed by atoms with Gasteiger partial charge in [-0.1, -0.05) is 50.1 Å². The summed E-state index contributed by atoms with van der Waals surface area (Å²) in [6.07, 6.45) is -9.91. The van der Waals surface area contributed by atoms with Crippen LogP contribution in [0.25, 0.3) is 22.3 Å². The molecule has 34 heavy (non-hydrogen) atoms. The lowest BCUT2D eigenvalue weighted by Crippen LogP contribution is -2.11. The monoisotopic (exact) mass is 610 g/mol. The molecule has 0 amide bonds. The van der Waals surface area contributed by atoms with Gasteiger partial charge in [0, 0.05) is 21.8 Å². The van der Waals surface area contributed by atoms with Crippen molar-refractivity contribution in [3.05, 3.63) is 70.8 Å². The van der Waals surface area contributed by atoms with E-state index in [-0.39, 0.29) is 22.5 Å². The van der Waals surface area contributed by atoms with Gasteiger partial charge in [0.15, 0.2) is 0 Å². The lowest BCUT2D eigenvalue weighted by molar-refractivity contribution is -0.143. The predicted molar refractivity (Wildman–Crippen MR) is 126 cm³/mol. The van der Waals surface area contributed by atoms with Crippen molar-refractivity contribution in [2.75, 3.05) is 14.2 Å². The molecule has 0 aliphatic carbocycles. The number of rotatable bonds is 6. The Morgan fingerprint density at radius 1 is 0.706 bits per heavy atom. The molecule has 3 aromatic rings. The van der Waals surface area contributed by atoms with Crippen LogP contribution in [0.4, 0.5) is 26.3 Å². The number of hydrogen-bond acceptors (Lipinski definition) is 2. The van der Waals surface area contributed by atoms with Crippen molar-refractivity contribution in [1.29, 1.82) is 0 Å². The molecule has 0 aliphatic rings. The van der Waals surface area contributed by atoms with E-state index in [9.17, 15) is 26.3 Å². The summed E-state index contributed by atoms with van der Waals surface area (Å²) in [6.45, 7) is 0. The van der Waals surface area contributed by atoms with Crippen molar-refractivity contribution < 1.29 is 35.8 Å². The zero-order chi connectivity index (χ0) is 25.3. The number of halogens is 8. The second-order valence-corrected chi connectivity index (χ2v) is 8.35. The Labute approximate surface area is 209 Å². The minimum atomic E-state index is -4.95. The third kappa shape index (κ3) is 5.22. The van der Waals surface area contributed by atoms with Crippen LogP contribution in [-0.2, 0) is 23.0 Å². The van der Waals surface area contributed by atoms with Gasteiger partial charge >= 0.3 is 12.4 Å². The van der Waals surface area contributed by atoms with Gasteiger partial charge in [-0.05, 0) is 52.6 Å². The maximum Gasteiger partial charge on any atom is 0.416 e. The molecule has 3 rings (SSSR count). The molecule has 2 nitrogen and oxygen atoms in total. The third-order valence-corrected chi connectivity index (χ3v) is 6.42. The van der Waals surface area contributed by atoms with E-state index in [1.54, 1.807) is 12.1 Å². The summed E-state index contributed by atoms with van der Waals surface area (Å²) in [5.41, 5.74) is -0.378. The highest BCUT2D eigenvalue weighted by Gasteiger charge is 2.37. The molecule has 3 aromatic carbocycles. The van der Waals surface area contributed by atoms with Gasteiger partial charge in [-0.3, -0.25) is 0 Å². The second-order valence-electron chi connectivity index (χ2n) is 7.23. The molecular formula is C24H18Br2F6O2. The maximum absolute atomic E-state index is 13.5. The van der Waals surface area contributed by atoms with E-state index in [4.69, 9.17) is 9.47 Å². The summed E-state index contributed by atoms with van der Waals surface area (Å²) in [5, 5.41) is 0.558. The Balaban J connectivity index is 2.43. The zero-order valence-electron chi connectivity index (χ0n) is 17.9. The molecule has 0 saturated heterocycles. The van der Waals surface area contributed by atoms with E-state index in [2.05, 4.69) is 31.9 Å². The summed E-state index contributed by atoms with van der Waals surface area (Å²) < 4.78 is 91.9. The van der Waals surface area contributed by atoms with Gasteiger partial charge in [-0.15, -0.1) is 0 Å². The van der Waals surface area contributed by atoms with Crippen LogP contribution in [0.15, 0.2) is 48.5 Å². The van der Waals surface area contributed by atoms with E-state index in [1.807, 2.05) is 6.07 Å². The quantitative estimate of drug-likeness (QED) is 0.205. The van der Waals surface area contributed by atoms with Crippen LogP contribution < -0.4 is 9.47 Å². The first kappa shape index (κ1) is 26.4. The summed E-state index contributed by atoms with van der Waals surface area (Å²) in [7, 11) is 2.91. The number of benzene rings is 3. The topological polar surface area (TPSA) is 18.5 Å². The zero-order valence-corrected chi connectivity index (χ0v) is 21.0. The Morgan fingerprint density at radius 2 is 1.26 bits per heavy atom. The Morgan fingerprint density at radius 3 is 1.74 bits per heavy atom. The molecule has 0 N–H and O–H groups in total. The highest BCUT2D eigenvalue weighted by molar-refractivity contribution is 9.08. The first-order valence-electron chi connectivity index (χ1n) is 9.74. The van der Waals surface area contributed by atoms with Gasteiger partial charge in [0.2, 0.25) is 0 Å². The predicted octanol–water partition coefficient (Wildman–Crippen LogP) is 8.87. The number of methoxy groups -OCH3 is 2. The third-order valence-electron chi connectivity index (χ3n) is 5.25. The summed E-state index contributed by atoms with van der Waals surface area (Å²) in [4.78, 5) is 0. The van der Waals surface area contributed by atoms with Crippen LogP contribution in [0.2, 0.25) is 0 Å². The van der Waals surface area contributed by atoms with Gasteiger partial charge in [0.05, 0.1) is 25.3 Å². The van der Waals surface area contributed by atoms with Gasteiger partial charge < -0.3 is 9.47 Å². The Kier molecular flexibility index (Phi) is 7.92. The van der Waals surface area contributed by atoms with Crippen molar-refractivity contribution in [2.45, 2.75) is 23.0 Å². The highest BCUT2D eigenvalue weighted by atomic mass is 79.9. The Hall–Kier alpha value is -2.20. The highest BCUT2D eigenvalue weighted by Crippen LogP contribution is 2.47. The molecule has 0 fully saturated rings. The fourth-order valence-corrected chi connectivity index (χ4v) is 4.78. The number of alkyl halides is 8. The first-order valence-corrected chi connectivity index (χ1v) is 12.0. The molecule has 0 aliphatic heterocycles. The molecule has 0 saturated carbocycles.